The smallest absolute Gasteiger partial charge is 0.0387 e. The van der Waals surface area contributed by atoms with Crippen LogP contribution in [0.5, 0.6) is 0 Å². The molecule has 0 aliphatic heterocycles. The van der Waals surface area contributed by atoms with Crippen LogP contribution in [0.15, 0.2) is 29.5 Å². The first-order chi connectivity index (χ1) is 8.91. The lowest BCUT2D eigenvalue weighted by Gasteiger charge is -2.26. The Hall–Kier alpha value is -1.24. The average molecular weight is 273 g/mol. The van der Waals surface area contributed by atoms with Gasteiger partial charge in [-0.1, -0.05) is 53.2 Å². The molecular formula is C19H31N. The normalized spacial score (nSPS) is 12.2. The van der Waals surface area contributed by atoms with Crippen LogP contribution in [0.3, 0.4) is 0 Å². The summed E-state index contributed by atoms with van der Waals surface area (Å²) < 4.78 is 0. The molecule has 0 amide bonds. The van der Waals surface area contributed by atoms with E-state index in [0.29, 0.717) is 0 Å². The van der Waals surface area contributed by atoms with Crippen LogP contribution in [0.1, 0.15) is 73.4 Å². The zero-order valence-corrected chi connectivity index (χ0v) is 14.7. The number of benzene rings is 1. The third kappa shape index (κ3) is 4.40. The van der Waals surface area contributed by atoms with Gasteiger partial charge < -0.3 is 5.32 Å². The summed E-state index contributed by atoms with van der Waals surface area (Å²) in [6, 6.07) is 6.91. The van der Waals surface area contributed by atoms with Crippen molar-refractivity contribution in [2.75, 3.05) is 5.32 Å². The van der Waals surface area contributed by atoms with E-state index in [1.807, 2.05) is 0 Å². The van der Waals surface area contributed by atoms with E-state index in [2.05, 4.69) is 85.8 Å². The van der Waals surface area contributed by atoms with Gasteiger partial charge in [0.05, 0.1) is 0 Å². The summed E-state index contributed by atoms with van der Waals surface area (Å²) in [6.07, 6.45) is 0. The zero-order valence-electron chi connectivity index (χ0n) is 14.7. The lowest BCUT2D eigenvalue weighted by Crippen LogP contribution is -2.17. The summed E-state index contributed by atoms with van der Waals surface area (Å²) in [6.45, 7) is 20.0. The molecule has 0 fully saturated rings. The molecule has 0 aliphatic rings. The Balaban J connectivity index is 3.35. The molecule has 1 heteroatoms. The predicted molar refractivity (Wildman–Crippen MR) is 91.5 cm³/mol. The van der Waals surface area contributed by atoms with Gasteiger partial charge in [-0.2, -0.15) is 0 Å². The van der Waals surface area contributed by atoms with Crippen LogP contribution < -0.4 is 5.32 Å². The van der Waals surface area contributed by atoms with Gasteiger partial charge in [0, 0.05) is 11.4 Å². The zero-order chi connectivity index (χ0) is 15.7. The minimum absolute atomic E-state index is 0.163. The molecule has 0 radical (unpaired) electrons. The Kier molecular flexibility index (Phi) is 4.74. The van der Waals surface area contributed by atoms with Crippen LogP contribution in [0.2, 0.25) is 0 Å². The first-order valence-electron chi connectivity index (χ1n) is 7.48. The van der Waals surface area contributed by atoms with Crippen molar-refractivity contribution in [3.8, 4) is 0 Å². The molecule has 0 atom stereocenters. The number of hydrogen-bond acceptors (Lipinski definition) is 1. The van der Waals surface area contributed by atoms with Gasteiger partial charge >= 0.3 is 0 Å². The maximum atomic E-state index is 3.55. The summed E-state index contributed by atoms with van der Waals surface area (Å²) in [5.41, 5.74) is 6.84. The van der Waals surface area contributed by atoms with E-state index in [4.69, 9.17) is 0 Å². The van der Waals surface area contributed by atoms with E-state index in [0.717, 1.165) is 0 Å². The van der Waals surface area contributed by atoms with Gasteiger partial charge in [-0.25, -0.2) is 0 Å². The van der Waals surface area contributed by atoms with Crippen molar-refractivity contribution in [3.05, 3.63) is 40.6 Å². The van der Waals surface area contributed by atoms with Crippen molar-refractivity contribution in [2.24, 2.45) is 0 Å². The van der Waals surface area contributed by atoms with E-state index >= 15 is 0 Å². The Morgan fingerprint density at radius 3 is 1.45 bits per heavy atom. The minimum Gasteiger partial charge on any atom is -0.359 e. The van der Waals surface area contributed by atoms with E-state index in [9.17, 15) is 0 Å². The van der Waals surface area contributed by atoms with Gasteiger partial charge in [0.2, 0.25) is 0 Å². The average Bonchev–Trinajstić information content (AvgIpc) is 2.26. The Morgan fingerprint density at radius 1 is 0.750 bits per heavy atom. The molecule has 1 aromatic rings. The first kappa shape index (κ1) is 16.8. The van der Waals surface area contributed by atoms with E-state index in [1.54, 1.807) is 0 Å². The molecule has 0 heterocycles. The van der Waals surface area contributed by atoms with Gasteiger partial charge in [0.15, 0.2) is 0 Å². The molecule has 0 spiro atoms. The van der Waals surface area contributed by atoms with E-state index in [1.165, 1.54) is 28.1 Å². The van der Waals surface area contributed by atoms with Crippen molar-refractivity contribution in [3.63, 3.8) is 0 Å². The molecule has 1 N–H and O–H groups in total. The number of rotatable bonds is 2. The van der Waals surface area contributed by atoms with Crippen molar-refractivity contribution in [2.45, 2.75) is 73.1 Å². The lowest BCUT2D eigenvalue weighted by atomic mass is 9.80. The third-order valence-corrected chi connectivity index (χ3v) is 3.75. The predicted octanol–water partition coefficient (Wildman–Crippen LogP) is 6.01. The second-order valence-corrected chi connectivity index (χ2v) is 8.05. The molecule has 0 saturated carbocycles. The van der Waals surface area contributed by atoms with Gasteiger partial charge in [0.1, 0.15) is 0 Å². The Morgan fingerprint density at radius 2 is 1.15 bits per heavy atom. The molecule has 0 unspecified atom stereocenters. The monoisotopic (exact) mass is 273 g/mol. The molecule has 0 bridgehead atoms. The molecule has 112 valence electrons. The number of anilines is 1. The van der Waals surface area contributed by atoms with Crippen molar-refractivity contribution in [1.82, 2.24) is 0 Å². The maximum Gasteiger partial charge on any atom is 0.0387 e. The second-order valence-electron chi connectivity index (χ2n) is 8.05. The highest BCUT2D eigenvalue weighted by molar-refractivity contribution is 5.55. The topological polar surface area (TPSA) is 12.0 Å². The van der Waals surface area contributed by atoms with E-state index < -0.39 is 0 Å². The van der Waals surface area contributed by atoms with Crippen LogP contribution in [0, 0.1) is 0 Å². The minimum atomic E-state index is 0.163. The fourth-order valence-electron chi connectivity index (χ4n) is 1.91. The highest BCUT2D eigenvalue weighted by Gasteiger charge is 2.20. The van der Waals surface area contributed by atoms with E-state index in [-0.39, 0.29) is 10.8 Å². The summed E-state index contributed by atoms with van der Waals surface area (Å²) in [7, 11) is 0. The SMILES string of the molecule is CC(C)=C(C)Nc1cc(C(C)(C)C)cc(C(C)(C)C)c1. The van der Waals surface area contributed by atoms with Crippen molar-refractivity contribution < 1.29 is 0 Å². The highest BCUT2D eigenvalue weighted by Crippen LogP contribution is 2.32. The molecule has 1 aromatic carbocycles. The van der Waals surface area contributed by atoms with Gasteiger partial charge in [-0.15, -0.1) is 0 Å². The molecule has 1 nitrogen and oxygen atoms in total. The standard InChI is InChI=1S/C19H31N/c1-13(2)14(3)20-17-11-15(18(4,5)6)10-16(12-17)19(7,8)9/h10-12,20H,1-9H3. The van der Waals surface area contributed by atoms with Crippen molar-refractivity contribution in [1.29, 1.82) is 0 Å². The maximum absolute atomic E-state index is 3.55. The Bertz CT molecular complexity index is 471. The molecule has 0 aliphatic carbocycles. The van der Waals surface area contributed by atoms with Crippen LogP contribution in [0.25, 0.3) is 0 Å². The first-order valence-corrected chi connectivity index (χ1v) is 7.48. The van der Waals surface area contributed by atoms with Gasteiger partial charge in [0.25, 0.3) is 0 Å². The van der Waals surface area contributed by atoms with Gasteiger partial charge in [-0.05, 0) is 54.9 Å². The number of hydrogen-bond donors (Lipinski definition) is 1. The molecule has 0 saturated heterocycles. The van der Waals surface area contributed by atoms with Gasteiger partial charge in [-0.3, -0.25) is 0 Å². The van der Waals surface area contributed by atoms with Crippen molar-refractivity contribution >= 4 is 5.69 Å². The fraction of sp³-hybridized carbons (Fsp3) is 0.579. The molecule has 0 aromatic heterocycles. The quantitative estimate of drug-likeness (QED) is 0.696. The summed E-state index contributed by atoms with van der Waals surface area (Å²) in [4.78, 5) is 0. The summed E-state index contributed by atoms with van der Waals surface area (Å²) in [5.74, 6) is 0. The largest absolute Gasteiger partial charge is 0.359 e. The summed E-state index contributed by atoms with van der Waals surface area (Å²) in [5, 5.41) is 3.55. The molecule has 1 rings (SSSR count). The van der Waals surface area contributed by atoms with Crippen LogP contribution in [-0.4, -0.2) is 0 Å². The molecule has 20 heavy (non-hydrogen) atoms. The number of allylic oxidation sites excluding steroid dienone is 2. The third-order valence-electron chi connectivity index (χ3n) is 3.75. The number of nitrogens with one attached hydrogen (secondary N) is 1. The molecular weight excluding hydrogens is 242 g/mol. The lowest BCUT2D eigenvalue weighted by molar-refractivity contribution is 0.569. The summed E-state index contributed by atoms with van der Waals surface area (Å²) >= 11 is 0. The van der Waals surface area contributed by atoms with Crippen LogP contribution >= 0.6 is 0 Å². The Labute approximate surface area is 125 Å². The van der Waals surface area contributed by atoms with Crippen LogP contribution in [0.4, 0.5) is 5.69 Å². The second kappa shape index (κ2) is 5.63. The highest BCUT2D eigenvalue weighted by atomic mass is 14.9. The fourth-order valence-corrected chi connectivity index (χ4v) is 1.91. The van der Waals surface area contributed by atoms with Crippen LogP contribution in [-0.2, 0) is 10.8 Å².